The third-order valence-electron chi connectivity index (χ3n) is 2.73. The quantitative estimate of drug-likeness (QED) is 0.774. The van der Waals surface area contributed by atoms with E-state index in [0.717, 1.165) is 0 Å². The highest BCUT2D eigenvalue weighted by atomic mass is 32.2. The van der Waals surface area contributed by atoms with Crippen LogP contribution in [0.15, 0.2) is 0 Å². The zero-order valence-electron chi connectivity index (χ0n) is 12.8. The lowest BCUT2D eigenvalue weighted by Crippen LogP contribution is -2.52. The summed E-state index contributed by atoms with van der Waals surface area (Å²) >= 11 is 1.44. The third kappa shape index (κ3) is 6.87. The molecular formula is C13H21F3N2O3S. The SMILES string of the molecule is CC(C)(C)NC(=O)[C@@H]1CSCN1C(=O)CCOCC(F)(F)F. The van der Waals surface area contributed by atoms with Crippen molar-refractivity contribution in [2.75, 3.05) is 24.8 Å². The van der Waals surface area contributed by atoms with Crippen LogP contribution in [0, 0.1) is 0 Å². The van der Waals surface area contributed by atoms with Crippen LogP contribution in [0.3, 0.4) is 0 Å². The smallest absolute Gasteiger partial charge is 0.372 e. The molecule has 1 N–H and O–H groups in total. The molecule has 0 saturated carbocycles. The molecule has 0 bridgehead atoms. The standard InChI is InChI=1S/C13H21F3N2O3S/c1-12(2,3)17-11(20)9-6-22-8-18(9)10(19)4-5-21-7-13(14,15)16/h9H,4-8H2,1-3H3,(H,17,20)/t9-/m0/s1. The highest BCUT2D eigenvalue weighted by Gasteiger charge is 2.35. The van der Waals surface area contributed by atoms with E-state index in [4.69, 9.17) is 0 Å². The number of thioether (sulfide) groups is 1. The zero-order valence-corrected chi connectivity index (χ0v) is 13.6. The molecule has 0 spiro atoms. The van der Waals surface area contributed by atoms with Gasteiger partial charge in [0.2, 0.25) is 11.8 Å². The van der Waals surface area contributed by atoms with Crippen molar-refractivity contribution in [1.82, 2.24) is 10.2 Å². The van der Waals surface area contributed by atoms with E-state index in [9.17, 15) is 22.8 Å². The third-order valence-corrected chi connectivity index (χ3v) is 3.74. The number of nitrogens with zero attached hydrogens (tertiary/aromatic N) is 1. The summed E-state index contributed by atoms with van der Waals surface area (Å²) in [6.45, 7) is 3.83. The van der Waals surface area contributed by atoms with E-state index in [1.165, 1.54) is 16.7 Å². The Balaban J connectivity index is 2.45. The highest BCUT2D eigenvalue weighted by Crippen LogP contribution is 2.22. The number of rotatable bonds is 5. The molecule has 9 heteroatoms. The van der Waals surface area contributed by atoms with Crippen LogP contribution in [0.25, 0.3) is 0 Å². The molecule has 22 heavy (non-hydrogen) atoms. The van der Waals surface area contributed by atoms with Gasteiger partial charge in [0.25, 0.3) is 0 Å². The number of hydrogen-bond acceptors (Lipinski definition) is 4. The van der Waals surface area contributed by atoms with Crippen LogP contribution >= 0.6 is 11.8 Å². The Bertz CT molecular complexity index is 410. The van der Waals surface area contributed by atoms with Crippen LogP contribution in [-0.2, 0) is 14.3 Å². The minimum atomic E-state index is -4.40. The molecule has 0 unspecified atom stereocenters. The molecule has 0 aromatic heterocycles. The largest absolute Gasteiger partial charge is 0.411 e. The van der Waals surface area contributed by atoms with Crippen LogP contribution in [0.1, 0.15) is 27.2 Å². The average Bonchev–Trinajstić information content (AvgIpc) is 2.80. The number of nitrogens with one attached hydrogen (secondary N) is 1. The number of halogens is 3. The van der Waals surface area contributed by atoms with Gasteiger partial charge >= 0.3 is 6.18 Å². The fourth-order valence-corrected chi connectivity index (χ4v) is 3.03. The number of alkyl halides is 3. The van der Waals surface area contributed by atoms with Crippen molar-refractivity contribution in [3.63, 3.8) is 0 Å². The van der Waals surface area contributed by atoms with Gasteiger partial charge in [0.15, 0.2) is 0 Å². The molecule has 1 atom stereocenters. The van der Waals surface area contributed by atoms with Crippen molar-refractivity contribution < 1.29 is 27.5 Å². The second kappa shape index (κ2) is 7.54. The number of ether oxygens (including phenoxy) is 1. The first-order valence-electron chi connectivity index (χ1n) is 6.83. The van der Waals surface area contributed by atoms with E-state index in [1.54, 1.807) is 0 Å². The average molecular weight is 342 g/mol. The van der Waals surface area contributed by atoms with E-state index < -0.39 is 24.4 Å². The minimum Gasteiger partial charge on any atom is -0.372 e. The lowest BCUT2D eigenvalue weighted by atomic mass is 10.1. The predicted octanol–water partition coefficient (Wildman–Crippen LogP) is 1.77. The van der Waals surface area contributed by atoms with Gasteiger partial charge in [0.05, 0.1) is 18.9 Å². The van der Waals surface area contributed by atoms with E-state index >= 15 is 0 Å². The Morgan fingerprint density at radius 2 is 1.95 bits per heavy atom. The number of carbonyl (C=O) groups excluding carboxylic acids is 2. The maximum absolute atomic E-state index is 12.1. The molecule has 0 aromatic carbocycles. The molecule has 0 radical (unpaired) electrons. The predicted molar refractivity (Wildman–Crippen MR) is 77.3 cm³/mol. The second-order valence-electron chi connectivity index (χ2n) is 6.04. The van der Waals surface area contributed by atoms with E-state index in [2.05, 4.69) is 10.1 Å². The lowest BCUT2D eigenvalue weighted by molar-refractivity contribution is -0.175. The summed E-state index contributed by atoms with van der Waals surface area (Å²) in [5.74, 6) is 0.223. The van der Waals surface area contributed by atoms with Crippen LogP contribution in [0.2, 0.25) is 0 Å². The summed E-state index contributed by atoms with van der Waals surface area (Å²) in [6.07, 6.45) is -4.57. The molecule has 1 saturated heterocycles. The maximum Gasteiger partial charge on any atom is 0.411 e. The monoisotopic (exact) mass is 342 g/mol. The van der Waals surface area contributed by atoms with Gasteiger partial charge in [-0.2, -0.15) is 13.2 Å². The van der Waals surface area contributed by atoms with Gasteiger partial charge in [-0.25, -0.2) is 0 Å². The summed E-state index contributed by atoms with van der Waals surface area (Å²) in [6, 6.07) is -0.584. The first-order valence-corrected chi connectivity index (χ1v) is 7.99. The molecule has 1 rings (SSSR count). The lowest BCUT2D eigenvalue weighted by Gasteiger charge is -2.27. The Labute approximate surface area is 131 Å². The van der Waals surface area contributed by atoms with Crippen molar-refractivity contribution in [3.05, 3.63) is 0 Å². The van der Waals surface area contributed by atoms with Gasteiger partial charge < -0.3 is 15.0 Å². The minimum absolute atomic E-state index is 0.171. The summed E-state index contributed by atoms with van der Waals surface area (Å²) in [5, 5.41) is 2.81. The van der Waals surface area contributed by atoms with Gasteiger partial charge in [-0.3, -0.25) is 9.59 Å². The second-order valence-corrected chi connectivity index (χ2v) is 7.04. The van der Waals surface area contributed by atoms with Crippen molar-refractivity contribution >= 4 is 23.6 Å². The van der Waals surface area contributed by atoms with Crippen LogP contribution < -0.4 is 5.32 Å². The molecule has 128 valence electrons. The molecule has 1 aliphatic rings. The van der Waals surface area contributed by atoms with E-state index in [0.29, 0.717) is 11.6 Å². The fraction of sp³-hybridized carbons (Fsp3) is 0.846. The van der Waals surface area contributed by atoms with Crippen molar-refractivity contribution in [2.45, 2.75) is 44.9 Å². The molecule has 0 aromatic rings. The normalized spacial score (nSPS) is 19.4. The highest BCUT2D eigenvalue weighted by molar-refractivity contribution is 7.99. The zero-order chi connectivity index (χ0) is 17.0. The van der Waals surface area contributed by atoms with Crippen molar-refractivity contribution in [1.29, 1.82) is 0 Å². The summed E-state index contributed by atoms with van der Waals surface area (Å²) in [5.41, 5.74) is -0.408. The van der Waals surface area contributed by atoms with E-state index in [1.807, 2.05) is 20.8 Å². The number of hydrogen-bond donors (Lipinski definition) is 1. The van der Waals surface area contributed by atoms with Gasteiger partial charge in [-0.1, -0.05) is 0 Å². The Kier molecular flexibility index (Phi) is 6.54. The first-order chi connectivity index (χ1) is 9.99. The van der Waals surface area contributed by atoms with Crippen molar-refractivity contribution in [3.8, 4) is 0 Å². The summed E-state index contributed by atoms with van der Waals surface area (Å²) in [7, 11) is 0. The van der Waals surface area contributed by atoms with Crippen LogP contribution in [0.4, 0.5) is 13.2 Å². The first kappa shape index (κ1) is 19.1. The molecular weight excluding hydrogens is 321 g/mol. The summed E-state index contributed by atoms with van der Waals surface area (Å²) in [4.78, 5) is 25.6. The topological polar surface area (TPSA) is 58.6 Å². The number of carbonyl (C=O) groups is 2. The van der Waals surface area contributed by atoms with Crippen molar-refractivity contribution in [2.24, 2.45) is 0 Å². The fourth-order valence-electron chi connectivity index (χ4n) is 1.85. The van der Waals surface area contributed by atoms with Gasteiger partial charge in [0, 0.05) is 11.3 Å². The maximum atomic E-state index is 12.1. The number of amides is 2. The van der Waals surface area contributed by atoms with Gasteiger partial charge in [0.1, 0.15) is 12.6 Å². The van der Waals surface area contributed by atoms with Crippen LogP contribution in [0.5, 0.6) is 0 Å². The Morgan fingerprint density at radius 3 is 2.50 bits per heavy atom. The molecule has 0 aliphatic carbocycles. The molecule has 2 amide bonds. The Morgan fingerprint density at radius 1 is 1.32 bits per heavy atom. The van der Waals surface area contributed by atoms with Gasteiger partial charge in [-0.15, -0.1) is 11.8 Å². The molecule has 1 fully saturated rings. The summed E-state index contributed by atoms with van der Waals surface area (Å²) < 4.78 is 40.2. The van der Waals surface area contributed by atoms with E-state index in [-0.39, 0.29) is 24.8 Å². The molecule has 1 heterocycles. The van der Waals surface area contributed by atoms with Gasteiger partial charge in [-0.05, 0) is 20.8 Å². The molecule has 1 aliphatic heterocycles. The molecule has 5 nitrogen and oxygen atoms in total. The van der Waals surface area contributed by atoms with Crippen LogP contribution in [-0.4, -0.2) is 59.3 Å². The Hall–Kier alpha value is -0.960.